The van der Waals surface area contributed by atoms with E-state index in [2.05, 4.69) is 18.2 Å². The molecule has 1 nitrogen and oxygen atoms in total. The molecule has 0 heterocycles. The Morgan fingerprint density at radius 2 is 2.00 bits per heavy atom. The Kier molecular flexibility index (Phi) is 3.08. The maximum absolute atomic E-state index is 4.92. The highest BCUT2D eigenvalue weighted by molar-refractivity contribution is 5.14. The molecule has 0 amide bonds. The molecule has 1 aromatic carbocycles. The van der Waals surface area contributed by atoms with Gasteiger partial charge in [0.2, 0.25) is 0 Å². The van der Waals surface area contributed by atoms with Gasteiger partial charge in [-0.25, -0.2) is 0 Å². The number of hydrogen-bond donors (Lipinski definition) is 0. The van der Waals surface area contributed by atoms with Crippen molar-refractivity contribution in [2.75, 3.05) is 6.61 Å². The first-order valence-electron chi connectivity index (χ1n) is 3.55. The van der Waals surface area contributed by atoms with E-state index in [1.165, 1.54) is 5.56 Å². The minimum Gasteiger partial charge on any atom is -0.446 e. The highest BCUT2D eigenvalue weighted by Crippen LogP contribution is 1.98. The Balaban J connectivity index is 2.35. The van der Waals surface area contributed by atoms with Crippen molar-refractivity contribution in [1.82, 2.24) is 0 Å². The molecule has 1 aromatic rings. The Morgan fingerprint density at radius 1 is 1.27 bits per heavy atom. The van der Waals surface area contributed by atoms with E-state index in [4.69, 9.17) is 11.2 Å². The zero-order valence-electron chi connectivity index (χ0n) is 6.29. The van der Waals surface area contributed by atoms with Crippen LogP contribution in [0.5, 0.6) is 0 Å². The van der Waals surface area contributed by atoms with Crippen molar-refractivity contribution >= 4 is 0 Å². The molecule has 0 bridgehead atoms. The molecular formula is C10H10O. The minimum atomic E-state index is 0.598. The molecule has 0 fully saturated rings. The summed E-state index contributed by atoms with van der Waals surface area (Å²) in [5.74, 6) is 0. The molecule has 0 saturated heterocycles. The first-order chi connectivity index (χ1) is 5.43. The second-order valence-electron chi connectivity index (χ2n) is 2.20. The number of terminal acetylenes is 1. The molecule has 0 spiro atoms. The van der Waals surface area contributed by atoms with Crippen molar-refractivity contribution in [3.63, 3.8) is 0 Å². The molecule has 11 heavy (non-hydrogen) atoms. The van der Waals surface area contributed by atoms with Gasteiger partial charge in [-0.15, -0.1) is 0 Å². The summed E-state index contributed by atoms with van der Waals surface area (Å²) < 4.78 is 4.77. The Morgan fingerprint density at radius 3 is 2.64 bits per heavy atom. The van der Waals surface area contributed by atoms with Crippen LogP contribution in [0, 0.1) is 12.5 Å². The van der Waals surface area contributed by atoms with Crippen LogP contribution in [0.25, 0.3) is 0 Å². The van der Waals surface area contributed by atoms with Crippen molar-refractivity contribution in [3.05, 3.63) is 35.9 Å². The highest BCUT2D eigenvalue weighted by Gasteiger charge is 1.88. The van der Waals surface area contributed by atoms with E-state index < -0.39 is 0 Å². The van der Waals surface area contributed by atoms with Crippen molar-refractivity contribution < 1.29 is 4.74 Å². The lowest BCUT2D eigenvalue weighted by Crippen LogP contribution is -1.92. The van der Waals surface area contributed by atoms with E-state index in [1.807, 2.05) is 18.2 Å². The monoisotopic (exact) mass is 146 g/mol. The summed E-state index contributed by atoms with van der Waals surface area (Å²) in [6, 6.07) is 10.1. The predicted octanol–water partition coefficient (Wildman–Crippen LogP) is 1.84. The fourth-order valence-electron chi connectivity index (χ4n) is 0.872. The van der Waals surface area contributed by atoms with Gasteiger partial charge >= 0.3 is 0 Å². The van der Waals surface area contributed by atoms with E-state index in [-0.39, 0.29) is 0 Å². The maximum Gasteiger partial charge on any atom is 0.106 e. The third-order valence-electron chi connectivity index (χ3n) is 1.42. The van der Waals surface area contributed by atoms with Crippen molar-refractivity contribution in [1.29, 1.82) is 0 Å². The van der Waals surface area contributed by atoms with Gasteiger partial charge in [-0.2, -0.15) is 0 Å². The minimum absolute atomic E-state index is 0.598. The first kappa shape index (κ1) is 7.68. The summed E-state index contributed by atoms with van der Waals surface area (Å²) in [4.78, 5) is 0. The predicted molar refractivity (Wildman–Crippen MR) is 44.9 cm³/mol. The topological polar surface area (TPSA) is 9.23 Å². The summed E-state index contributed by atoms with van der Waals surface area (Å²) in [6.45, 7) is 0.598. The van der Waals surface area contributed by atoms with Gasteiger partial charge in [-0.1, -0.05) is 36.8 Å². The quantitative estimate of drug-likeness (QED) is 0.467. The van der Waals surface area contributed by atoms with E-state index in [9.17, 15) is 0 Å². The van der Waals surface area contributed by atoms with Crippen LogP contribution in [0.2, 0.25) is 0 Å². The molecule has 0 radical (unpaired) electrons. The van der Waals surface area contributed by atoms with Crippen molar-refractivity contribution in [3.8, 4) is 12.5 Å². The Bertz CT molecular complexity index is 233. The first-order valence-corrected chi connectivity index (χ1v) is 3.55. The highest BCUT2D eigenvalue weighted by atomic mass is 16.5. The molecule has 0 saturated carbocycles. The molecule has 0 aliphatic carbocycles. The van der Waals surface area contributed by atoms with Gasteiger partial charge in [0.05, 0.1) is 0 Å². The van der Waals surface area contributed by atoms with Crippen LogP contribution in [-0.2, 0) is 11.2 Å². The lowest BCUT2D eigenvalue weighted by atomic mass is 10.2. The second-order valence-corrected chi connectivity index (χ2v) is 2.20. The number of hydrogen-bond acceptors (Lipinski definition) is 1. The van der Waals surface area contributed by atoms with Gasteiger partial charge in [0.1, 0.15) is 12.7 Å². The summed E-state index contributed by atoms with van der Waals surface area (Å²) in [6.07, 6.45) is 7.94. The largest absolute Gasteiger partial charge is 0.446 e. The van der Waals surface area contributed by atoms with Crippen molar-refractivity contribution in [2.24, 2.45) is 0 Å². The lowest BCUT2D eigenvalue weighted by molar-refractivity contribution is 0.282. The van der Waals surface area contributed by atoms with Gasteiger partial charge in [-0.3, -0.25) is 0 Å². The van der Waals surface area contributed by atoms with E-state index in [0.717, 1.165) is 6.42 Å². The lowest BCUT2D eigenvalue weighted by Gasteiger charge is -1.97. The zero-order valence-corrected chi connectivity index (χ0v) is 6.29. The third-order valence-corrected chi connectivity index (χ3v) is 1.42. The summed E-state index contributed by atoms with van der Waals surface area (Å²) in [5.41, 5.74) is 1.25. The Labute approximate surface area is 67.0 Å². The van der Waals surface area contributed by atoms with Gasteiger partial charge < -0.3 is 4.74 Å². The zero-order chi connectivity index (χ0) is 7.94. The van der Waals surface area contributed by atoms with Crippen LogP contribution in [0.3, 0.4) is 0 Å². The van der Waals surface area contributed by atoms with E-state index in [1.54, 1.807) is 0 Å². The molecule has 0 aliphatic heterocycles. The molecule has 0 unspecified atom stereocenters. The van der Waals surface area contributed by atoms with Crippen LogP contribution >= 0.6 is 0 Å². The van der Waals surface area contributed by atoms with Crippen LogP contribution in [0.1, 0.15) is 5.56 Å². The summed E-state index contributed by atoms with van der Waals surface area (Å²) in [5, 5.41) is 0. The molecule has 0 N–H and O–H groups in total. The average Bonchev–Trinajstić information content (AvgIpc) is 2.07. The molecule has 0 aliphatic rings. The van der Waals surface area contributed by atoms with Crippen LogP contribution in [-0.4, -0.2) is 6.61 Å². The fraction of sp³-hybridized carbons (Fsp3) is 0.200. The molecule has 1 heteroatoms. The Hall–Kier alpha value is -1.42. The van der Waals surface area contributed by atoms with E-state index in [0.29, 0.717) is 6.61 Å². The second kappa shape index (κ2) is 4.40. The third kappa shape index (κ3) is 2.77. The van der Waals surface area contributed by atoms with Gasteiger partial charge in [0, 0.05) is 6.42 Å². The maximum atomic E-state index is 4.92. The summed E-state index contributed by atoms with van der Waals surface area (Å²) in [7, 11) is 0. The molecular weight excluding hydrogens is 136 g/mol. The number of benzene rings is 1. The average molecular weight is 146 g/mol. The van der Waals surface area contributed by atoms with Gasteiger partial charge in [-0.05, 0) is 5.56 Å². The standard InChI is InChI=1S/C10H10O/c1-2-11-9-8-10-6-4-3-5-7-10/h1,3-7H,8-9H2. The van der Waals surface area contributed by atoms with Gasteiger partial charge in [0.25, 0.3) is 0 Å². The van der Waals surface area contributed by atoms with Crippen LogP contribution in [0.15, 0.2) is 30.3 Å². The molecule has 56 valence electrons. The van der Waals surface area contributed by atoms with Gasteiger partial charge in [0.15, 0.2) is 0 Å². The fourth-order valence-corrected chi connectivity index (χ4v) is 0.872. The number of ether oxygens (including phenoxy) is 1. The van der Waals surface area contributed by atoms with Crippen LogP contribution < -0.4 is 0 Å². The van der Waals surface area contributed by atoms with Crippen molar-refractivity contribution in [2.45, 2.75) is 6.42 Å². The number of rotatable bonds is 3. The molecule has 0 aromatic heterocycles. The normalized spacial score (nSPS) is 8.64. The van der Waals surface area contributed by atoms with Crippen LogP contribution in [0.4, 0.5) is 0 Å². The smallest absolute Gasteiger partial charge is 0.106 e. The molecule has 0 atom stereocenters. The SMILES string of the molecule is C#COCCc1ccccc1. The molecule has 1 rings (SSSR count). The van der Waals surface area contributed by atoms with E-state index >= 15 is 0 Å². The summed E-state index contributed by atoms with van der Waals surface area (Å²) >= 11 is 0.